The second-order valence-electron chi connectivity index (χ2n) is 5.40. The van der Waals surface area contributed by atoms with E-state index in [0.717, 1.165) is 11.6 Å². The summed E-state index contributed by atoms with van der Waals surface area (Å²) in [5.74, 6) is 0.941. The molecular weight excluding hydrogens is 236 g/mol. The third-order valence-corrected chi connectivity index (χ3v) is 3.50. The third-order valence-electron chi connectivity index (χ3n) is 3.50. The Morgan fingerprint density at radius 1 is 1.32 bits per heavy atom. The van der Waals surface area contributed by atoms with E-state index >= 15 is 0 Å². The zero-order valence-corrected chi connectivity index (χ0v) is 11.7. The van der Waals surface area contributed by atoms with Crippen LogP contribution in [0.2, 0.25) is 0 Å². The number of hydrogen-bond acceptors (Lipinski definition) is 3. The summed E-state index contributed by atoms with van der Waals surface area (Å²) in [5, 5.41) is 3.46. The van der Waals surface area contributed by atoms with Gasteiger partial charge < -0.3 is 10.2 Å². The van der Waals surface area contributed by atoms with E-state index in [1.165, 1.54) is 24.1 Å². The van der Waals surface area contributed by atoms with Gasteiger partial charge in [-0.2, -0.15) is 0 Å². The van der Waals surface area contributed by atoms with E-state index in [1.54, 1.807) is 0 Å². The molecule has 0 saturated heterocycles. The lowest BCUT2D eigenvalue weighted by atomic mass is 10.1. The number of nitrogens with zero attached hydrogens (tertiary/aromatic N) is 3. The van der Waals surface area contributed by atoms with Gasteiger partial charge in [0.1, 0.15) is 0 Å². The fraction of sp³-hybridized carbons (Fsp3) is 0.400. The normalized spacial score (nSPS) is 14.5. The van der Waals surface area contributed by atoms with Crippen LogP contribution in [-0.2, 0) is 0 Å². The molecule has 1 saturated carbocycles. The van der Waals surface area contributed by atoms with E-state index < -0.39 is 0 Å². The monoisotopic (exact) mass is 256 g/mol. The molecule has 1 fully saturated rings. The highest BCUT2D eigenvalue weighted by atomic mass is 15.2. The van der Waals surface area contributed by atoms with Crippen molar-refractivity contribution < 1.29 is 0 Å². The first-order valence-corrected chi connectivity index (χ1v) is 6.73. The standard InChI is InChI=1S/C15H20N4/c1-11-4-7-13(10-14(11)18(2)3)19-9-8-16-15(19)17-12-5-6-12/h4,7-10,12H,5-6H2,1-3H3,(H,16,17). The molecule has 3 rings (SSSR count). The second kappa shape index (κ2) is 4.61. The number of benzene rings is 1. The van der Waals surface area contributed by atoms with Crippen LogP contribution in [-0.4, -0.2) is 29.7 Å². The quantitative estimate of drug-likeness (QED) is 0.913. The van der Waals surface area contributed by atoms with Crippen LogP contribution in [0.25, 0.3) is 5.69 Å². The molecule has 1 aromatic carbocycles. The van der Waals surface area contributed by atoms with Crippen LogP contribution >= 0.6 is 0 Å². The zero-order chi connectivity index (χ0) is 13.4. The second-order valence-corrected chi connectivity index (χ2v) is 5.40. The maximum absolute atomic E-state index is 4.41. The Morgan fingerprint density at radius 3 is 2.79 bits per heavy atom. The first-order valence-electron chi connectivity index (χ1n) is 6.73. The molecule has 0 bridgehead atoms. The van der Waals surface area contributed by atoms with Crippen LogP contribution in [0, 0.1) is 6.92 Å². The average molecular weight is 256 g/mol. The van der Waals surface area contributed by atoms with Crippen LogP contribution in [0.3, 0.4) is 0 Å². The van der Waals surface area contributed by atoms with Crippen molar-refractivity contribution in [3.8, 4) is 5.69 Å². The van der Waals surface area contributed by atoms with Gasteiger partial charge in [-0.3, -0.25) is 4.57 Å². The van der Waals surface area contributed by atoms with Crippen molar-refractivity contribution in [2.45, 2.75) is 25.8 Å². The van der Waals surface area contributed by atoms with Gasteiger partial charge in [0, 0.05) is 38.2 Å². The van der Waals surface area contributed by atoms with Gasteiger partial charge >= 0.3 is 0 Å². The topological polar surface area (TPSA) is 33.1 Å². The summed E-state index contributed by atoms with van der Waals surface area (Å²) in [6.07, 6.45) is 6.36. The predicted molar refractivity (Wildman–Crippen MR) is 79.3 cm³/mol. The summed E-state index contributed by atoms with van der Waals surface area (Å²) in [6, 6.07) is 7.11. The zero-order valence-electron chi connectivity index (χ0n) is 11.7. The lowest BCUT2D eigenvalue weighted by Crippen LogP contribution is -2.12. The van der Waals surface area contributed by atoms with Crippen molar-refractivity contribution in [1.29, 1.82) is 0 Å². The fourth-order valence-electron chi connectivity index (χ4n) is 2.26. The molecule has 4 nitrogen and oxygen atoms in total. The van der Waals surface area contributed by atoms with E-state index in [0.29, 0.717) is 6.04 Å². The number of imidazole rings is 1. The SMILES string of the molecule is Cc1ccc(-n2ccnc2NC2CC2)cc1N(C)C. The maximum Gasteiger partial charge on any atom is 0.207 e. The Balaban J connectivity index is 1.97. The first-order chi connectivity index (χ1) is 9.15. The minimum atomic E-state index is 0.611. The summed E-state index contributed by atoms with van der Waals surface area (Å²) in [7, 11) is 4.15. The van der Waals surface area contributed by atoms with E-state index in [4.69, 9.17) is 0 Å². The molecular formula is C15H20N4. The summed E-state index contributed by atoms with van der Waals surface area (Å²) >= 11 is 0. The Morgan fingerprint density at radius 2 is 2.11 bits per heavy atom. The smallest absolute Gasteiger partial charge is 0.207 e. The van der Waals surface area contributed by atoms with Crippen molar-refractivity contribution in [3.05, 3.63) is 36.2 Å². The van der Waals surface area contributed by atoms with Gasteiger partial charge in [-0.25, -0.2) is 4.98 Å². The van der Waals surface area contributed by atoms with Crippen molar-refractivity contribution in [3.63, 3.8) is 0 Å². The average Bonchev–Trinajstić information content (AvgIpc) is 3.07. The maximum atomic E-state index is 4.41. The number of anilines is 2. The van der Waals surface area contributed by atoms with Gasteiger partial charge in [-0.05, 0) is 37.5 Å². The minimum absolute atomic E-state index is 0.611. The molecule has 0 unspecified atom stereocenters. The van der Waals surface area contributed by atoms with E-state index in [2.05, 4.69) is 59.0 Å². The minimum Gasteiger partial charge on any atom is -0.377 e. The number of nitrogens with one attached hydrogen (secondary N) is 1. The molecule has 19 heavy (non-hydrogen) atoms. The third kappa shape index (κ3) is 2.43. The Hall–Kier alpha value is -1.97. The highest BCUT2D eigenvalue weighted by molar-refractivity contribution is 5.59. The van der Waals surface area contributed by atoms with Crippen LogP contribution in [0.15, 0.2) is 30.6 Å². The van der Waals surface area contributed by atoms with Gasteiger partial charge in [0.15, 0.2) is 0 Å². The molecule has 2 aromatic rings. The molecule has 0 aliphatic heterocycles. The first kappa shape index (κ1) is 12.1. The predicted octanol–water partition coefficient (Wildman–Crippen LogP) is 2.82. The Labute approximate surface area is 114 Å². The molecule has 0 radical (unpaired) electrons. The summed E-state index contributed by atoms with van der Waals surface area (Å²) in [4.78, 5) is 6.55. The summed E-state index contributed by atoms with van der Waals surface area (Å²) < 4.78 is 2.12. The largest absolute Gasteiger partial charge is 0.377 e. The molecule has 0 spiro atoms. The molecule has 1 heterocycles. The molecule has 1 aromatic heterocycles. The van der Waals surface area contributed by atoms with Crippen LogP contribution < -0.4 is 10.2 Å². The Bertz CT molecular complexity index is 582. The van der Waals surface area contributed by atoms with Gasteiger partial charge in [0.25, 0.3) is 0 Å². The summed E-state index contributed by atoms with van der Waals surface area (Å²) in [5.41, 5.74) is 3.67. The number of aryl methyl sites for hydroxylation is 1. The number of rotatable bonds is 4. The van der Waals surface area contributed by atoms with Crippen LogP contribution in [0.1, 0.15) is 18.4 Å². The van der Waals surface area contributed by atoms with Crippen molar-refractivity contribution >= 4 is 11.6 Å². The lowest BCUT2D eigenvalue weighted by Gasteiger charge is -2.18. The molecule has 1 aliphatic carbocycles. The Kier molecular flexibility index (Phi) is 2.93. The van der Waals surface area contributed by atoms with Crippen molar-refractivity contribution in [1.82, 2.24) is 9.55 Å². The molecule has 1 N–H and O–H groups in total. The highest BCUT2D eigenvalue weighted by Gasteiger charge is 2.22. The van der Waals surface area contributed by atoms with Gasteiger partial charge in [-0.15, -0.1) is 0 Å². The van der Waals surface area contributed by atoms with Crippen molar-refractivity contribution in [2.75, 3.05) is 24.3 Å². The molecule has 4 heteroatoms. The van der Waals surface area contributed by atoms with Gasteiger partial charge in [0.2, 0.25) is 5.95 Å². The highest BCUT2D eigenvalue weighted by Crippen LogP contribution is 2.27. The van der Waals surface area contributed by atoms with E-state index in [9.17, 15) is 0 Å². The van der Waals surface area contributed by atoms with Crippen molar-refractivity contribution in [2.24, 2.45) is 0 Å². The molecule has 100 valence electrons. The van der Waals surface area contributed by atoms with Crippen LogP contribution in [0.5, 0.6) is 0 Å². The fourth-order valence-corrected chi connectivity index (χ4v) is 2.26. The van der Waals surface area contributed by atoms with E-state index in [-0.39, 0.29) is 0 Å². The van der Waals surface area contributed by atoms with Gasteiger partial charge in [-0.1, -0.05) is 6.07 Å². The molecule has 0 amide bonds. The number of hydrogen-bond donors (Lipinski definition) is 1. The lowest BCUT2D eigenvalue weighted by molar-refractivity contribution is 0.997. The molecule has 0 atom stereocenters. The van der Waals surface area contributed by atoms with Gasteiger partial charge in [0.05, 0.1) is 5.69 Å². The van der Waals surface area contributed by atoms with E-state index in [1.807, 2.05) is 12.4 Å². The molecule has 1 aliphatic rings. The van der Waals surface area contributed by atoms with Crippen LogP contribution in [0.4, 0.5) is 11.6 Å². The number of aromatic nitrogens is 2. The summed E-state index contributed by atoms with van der Waals surface area (Å²) in [6.45, 7) is 2.14.